The van der Waals surface area contributed by atoms with Gasteiger partial charge in [0.05, 0.1) is 22.2 Å². The first-order chi connectivity index (χ1) is 15.9. The first kappa shape index (κ1) is 23.8. The van der Waals surface area contributed by atoms with E-state index in [0.717, 1.165) is 10.1 Å². The van der Waals surface area contributed by atoms with E-state index >= 15 is 0 Å². The quantitative estimate of drug-likeness (QED) is 0.595. The van der Waals surface area contributed by atoms with E-state index in [1.54, 1.807) is 13.8 Å². The Bertz CT molecular complexity index is 1530. The fourth-order valence-electron chi connectivity index (χ4n) is 4.74. The van der Waals surface area contributed by atoms with E-state index in [4.69, 9.17) is 0 Å². The smallest absolute Gasteiger partial charge is 0.323 e. The molecule has 3 heterocycles. The van der Waals surface area contributed by atoms with Gasteiger partial charge in [-0.2, -0.15) is 4.31 Å². The summed E-state index contributed by atoms with van der Waals surface area (Å²) in [5, 5.41) is 2.88. The van der Waals surface area contributed by atoms with E-state index in [0.29, 0.717) is 24.0 Å². The van der Waals surface area contributed by atoms with Gasteiger partial charge in [0, 0.05) is 20.6 Å². The Kier molecular flexibility index (Phi) is 5.94. The third-order valence-corrected chi connectivity index (χ3v) is 8.45. The molecular weight excluding hydrogens is 458 g/mol. The van der Waals surface area contributed by atoms with Crippen LogP contribution in [0.15, 0.2) is 38.9 Å². The third kappa shape index (κ3) is 3.84. The van der Waals surface area contributed by atoms with E-state index in [2.05, 4.69) is 10.3 Å². The zero-order chi connectivity index (χ0) is 24.9. The molecule has 1 amide bonds. The Labute approximate surface area is 196 Å². The molecule has 1 aliphatic rings. The van der Waals surface area contributed by atoms with Crippen LogP contribution in [0, 0.1) is 20.8 Å². The second-order valence-electron chi connectivity index (χ2n) is 8.79. The predicted octanol–water partition coefficient (Wildman–Crippen LogP) is 1.35. The van der Waals surface area contributed by atoms with Crippen LogP contribution in [0.2, 0.25) is 0 Å². The van der Waals surface area contributed by atoms with Crippen molar-refractivity contribution in [3.63, 3.8) is 0 Å². The zero-order valence-corrected chi connectivity index (χ0v) is 20.6. The predicted molar refractivity (Wildman–Crippen MR) is 128 cm³/mol. The van der Waals surface area contributed by atoms with E-state index < -0.39 is 33.2 Å². The van der Waals surface area contributed by atoms with Crippen molar-refractivity contribution in [2.45, 2.75) is 44.6 Å². The molecule has 34 heavy (non-hydrogen) atoms. The Hall–Kier alpha value is -3.31. The highest BCUT2D eigenvalue weighted by Gasteiger charge is 2.40. The number of anilines is 1. The second kappa shape index (κ2) is 8.48. The largest absolute Gasteiger partial charge is 0.332 e. The van der Waals surface area contributed by atoms with E-state index in [1.807, 2.05) is 19.1 Å². The second-order valence-corrected chi connectivity index (χ2v) is 10.6. The summed E-state index contributed by atoms with van der Waals surface area (Å²) in [5.74, 6) is -0.494. The molecule has 1 N–H and O–H groups in total. The van der Waals surface area contributed by atoms with Gasteiger partial charge in [0.2, 0.25) is 15.9 Å². The molecule has 11 heteroatoms. The average molecular weight is 486 g/mol. The van der Waals surface area contributed by atoms with Crippen LogP contribution >= 0.6 is 0 Å². The summed E-state index contributed by atoms with van der Waals surface area (Å²) in [6, 6.07) is 4.20. The zero-order valence-electron chi connectivity index (χ0n) is 19.7. The fourth-order valence-corrected chi connectivity index (χ4v) is 6.81. The van der Waals surface area contributed by atoms with Crippen LogP contribution in [0.1, 0.15) is 29.5 Å². The maximum absolute atomic E-state index is 13.5. The molecule has 4 rings (SSSR count). The Morgan fingerprint density at radius 3 is 2.35 bits per heavy atom. The minimum absolute atomic E-state index is 0.171. The minimum Gasteiger partial charge on any atom is -0.323 e. The molecule has 1 atom stereocenters. The third-order valence-electron chi connectivity index (χ3n) is 6.24. The molecule has 2 aromatic heterocycles. The van der Waals surface area contributed by atoms with Crippen LogP contribution in [-0.4, -0.2) is 45.3 Å². The molecule has 1 aromatic carbocycles. The molecule has 3 aromatic rings. The number of aryl methyl sites for hydroxylation is 4. The fraction of sp³-hybridized carbons (Fsp3) is 0.391. The number of benzene rings is 1. The number of pyridine rings is 1. The molecule has 1 unspecified atom stereocenters. The highest BCUT2D eigenvalue weighted by Crippen LogP contribution is 2.31. The number of rotatable bonds is 4. The summed E-state index contributed by atoms with van der Waals surface area (Å²) in [4.78, 5) is 42.2. The van der Waals surface area contributed by atoms with Crippen molar-refractivity contribution in [1.82, 2.24) is 18.4 Å². The molecule has 1 aliphatic heterocycles. The van der Waals surface area contributed by atoms with Crippen molar-refractivity contribution in [3.05, 3.63) is 61.9 Å². The number of fused-ring (bicyclic) bond motifs is 1. The van der Waals surface area contributed by atoms with E-state index in [1.165, 1.54) is 35.2 Å². The van der Waals surface area contributed by atoms with Gasteiger partial charge in [0.1, 0.15) is 11.7 Å². The Morgan fingerprint density at radius 2 is 1.71 bits per heavy atom. The Balaban J connectivity index is 1.67. The van der Waals surface area contributed by atoms with Gasteiger partial charge in [-0.1, -0.05) is 17.7 Å². The molecule has 180 valence electrons. The lowest BCUT2D eigenvalue weighted by Gasteiger charge is -2.25. The van der Waals surface area contributed by atoms with Crippen molar-refractivity contribution in [2.75, 3.05) is 11.9 Å². The topological polar surface area (TPSA) is 123 Å². The first-order valence-corrected chi connectivity index (χ1v) is 12.3. The number of amides is 1. The minimum atomic E-state index is -3.90. The van der Waals surface area contributed by atoms with E-state index in [9.17, 15) is 22.8 Å². The number of aromatic nitrogens is 3. The summed E-state index contributed by atoms with van der Waals surface area (Å²) in [6.07, 6.45) is 2.29. The first-order valence-electron chi connectivity index (χ1n) is 10.9. The van der Waals surface area contributed by atoms with Gasteiger partial charge >= 0.3 is 5.69 Å². The van der Waals surface area contributed by atoms with Crippen LogP contribution < -0.4 is 16.6 Å². The van der Waals surface area contributed by atoms with Gasteiger partial charge in [-0.05, 0) is 50.8 Å². The molecule has 0 bridgehead atoms. The molecular formula is C23H27N5O5S. The SMILES string of the molecule is Cc1cc(C)c(S(=O)(=O)N2CCCC2C(=O)Nc2cnc3c(c2)c(=O)n(C)c(=O)n3C)c(C)c1. The number of sulfonamides is 1. The molecule has 1 saturated heterocycles. The average Bonchev–Trinajstić information content (AvgIpc) is 3.26. The van der Waals surface area contributed by atoms with Gasteiger partial charge in [-0.3, -0.25) is 18.7 Å². The standard InChI is InChI=1S/C23H27N5O5S/c1-13-9-14(2)19(15(3)10-13)34(32,33)28-8-6-7-18(28)21(29)25-16-11-17-20(24-12-16)26(4)23(31)27(5)22(17)30/h9-12,18H,6-8H2,1-5H3,(H,25,29). The summed E-state index contributed by atoms with van der Waals surface area (Å²) in [6.45, 7) is 5.66. The number of carbonyl (C=O) groups is 1. The summed E-state index contributed by atoms with van der Waals surface area (Å²) < 4.78 is 30.5. The number of carbonyl (C=O) groups excluding carboxylic acids is 1. The molecule has 1 fully saturated rings. The van der Waals surface area contributed by atoms with Crippen LogP contribution in [0.25, 0.3) is 11.0 Å². The van der Waals surface area contributed by atoms with Crippen molar-refractivity contribution >= 4 is 32.7 Å². The van der Waals surface area contributed by atoms with Gasteiger partial charge in [-0.15, -0.1) is 0 Å². The van der Waals surface area contributed by atoms with Crippen LogP contribution in [0.3, 0.4) is 0 Å². The molecule has 0 aliphatic carbocycles. The van der Waals surface area contributed by atoms with E-state index in [-0.39, 0.29) is 28.2 Å². The Morgan fingerprint density at radius 1 is 1.06 bits per heavy atom. The highest BCUT2D eigenvalue weighted by atomic mass is 32.2. The van der Waals surface area contributed by atoms with Crippen molar-refractivity contribution in [3.8, 4) is 0 Å². The lowest BCUT2D eigenvalue weighted by Crippen LogP contribution is -2.43. The van der Waals surface area contributed by atoms with Gasteiger partial charge in [0.15, 0.2) is 0 Å². The molecule has 0 saturated carbocycles. The maximum atomic E-state index is 13.5. The van der Waals surface area contributed by atoms with Crippen molar-refractivity contribution in [2.24, 2.45) is 14.1 Å². The summed E-state index contributed by atoms with van der Waals surface area (Å²) >= 11 is 0. The molecule has 10 nitrogen and oxygen atoms in total. The maximum Gasteiger partial charge on any atom is 0.332 e. The molecule has 0 spiro atoms. The van der Waals surface area contributed by atoms with Gasteiger partial charge in [-0.25, -0.2) is 18.2 Å². The van der Waals surface area contributed by atoms with Crippen LogP contribution in [0.4, 0.5) is 5.69 Å². The van der Waals surface area contributed by atoms with Gasteiger partial charge in [0.25, 0.3) is 5.56 Å². The van der Waals surface area contributed by atoms with Crippen LogP contribution in [-0.2, 0) is 28.9 Å². The number of nitrogens with zero attached hydrogens (tertiary/aromatic N) is 4. The normalized spacial score (nSPS) is 16.8. The van der Waals surface area contributed by atoms with Crippen molar-refractivity contribution in [1.29, 1.82) is 0 Å². The highest BCUT2D eigenvalue weighted by molar-refractivity contribution is 7.89. The number of hydrogen-bond donors (Lipinski definition) is 1. The monoisotopic (exact) mass is 485 g/mol. The molecule has 0 radical (unpaired) electrons. The van der Waals surface area contributed by atoms with Gasteiger partial charge < -0.3 is 5.32 Å². The van der Waals surface area contributed by atoms with Crippen LogP contribution in [0.5, 0.6) is 0 Å². The lowest BCUT2D eigenvalue weighted by atomic mass is 10.1. The summed E-state index contributed by atoms with van der Waals surface area (Å²) in [7, 11) is -1.02. The number of hydrogen-bond acceptors (Lipinski definition) is 6. The summed E-state index contributed by atoms with van der Waals surface area (Å²) in [5.41, 5.74) is 1.67. The lowest BCUT2D eigenvalue weighted by molar-refractivity contribution is -0.119. The van der Waals surface area contributed by atoms with Crippen molar-refractivity contribution < 1.29 is 13.2 Å². The number of nitrogens with one attached hydrogen (secondary N) is 1.